The highest BCUT2D eigenvalue weighted by atomic mass is 35.5. The Hall–Kier alpha value is -1.63. The number of halogens is 1. The van der Waals surface area contributed by atoms with Crippen molar-refractivity contribution in [3.05, 3.63) is 34.9 Å². The zero-order chi connectivity index (χ0) is 18.8. The number of aryl methyl sites for hydroxylation is 1. The number of benzene rings is 1. The minimum Gasteiger partial charge on any atom is -0.382 e. The summed E-state index contributed by atoms with van der Waals surface area (Å²) in [5.74, 6) is 0.0992. The summed E-state index contributed by atoms with van der Waals surface area (Å²) in [6.07, 6.45) is 1.95. The third-order valence-corrected chi connectivity index (χ3v) is 4.65. The van der Waals surface area contributed by atoms with Crippen LogP contribution in [0.1, 0.15) is 18.4 Å². The van der Waals surface area contributed by atoms with E-state index in [-0.39, 0.29) is 18.4 Å². The standard InChI is InChI=1S/C19H27ClN2O4/c1-25-13-14-26-15-19(24)22-10-2-9-21(11-12-22)18(23)8-5-16-3-6-17(20)7-4-16/h3-4,6-7H,2,5,8-15H2,1H3. The maximum absolute atomic E-state index is 12.5. The lowest BCUT2D eigenvalue weighted by atomic mass is 10.1. The number of carbonyl (C=O) groups excluding carboxylic acids is 2. The van der Waals surface area contributed by atoms with Crippen molar-refractivity contribution in [1.82, 2.24) is 9.80 Å². The quantitative estimate of drug-likeness (QED) is 0.645. The van der Waals surface area contributed by atoms with Gasteiger partial charge < -0.3 is 19.3 Å². The van der Waals surface area contributed by atoms with Crippen LogP contribution in [-0.2, 0) is 25.5 Å². The van der Waals surface area contributed by atoms with E-state index in [1.165, 1.54) is 0 Å². The second kappa shape index (κ2) is 11.2. The molecule has 1 heterocycles. The fourth-order valence-electron chi connectivity index (χ4n) is 2.87. The number of ether oxygens (including phenoxy) is 2. The Labute approximate surface area is 160 Å². The molecule has 0 N–H and O–H groups in total. The molecule has 1 saturated heterocycles. The molecule has 26 heavy (non-hydrogen) atoms. The summed E-state index contributed by atoms with van der Waals surface area (Å²) in [6, 6.07) is 7.57. The smallest absolute Gasteiger partial charge is 0.248 e. The molecule has 6 nitrogen and oxygen atoms in total. The van der Waals surface area contributed by atoms with Crippen LogP contribution in [-0.4, -0.2) is 74.7 Å². The first-order valence-corrected chi connectivity index (χ1v) is 9.34. The average molecular weight is 383 g/mol. The van der Waals surface area contributed by atoms with Gasteiger partial charge in [-0.3, -0.25) is 9.59 Å². The van der Waals surface area contributed by atoms with Gasteiger partial charge in [-0.1, -0.05) is 23.7 Å². The van der Waals surface area contributed by atoms with E-state index in [4.69, 9.17) is 21.1 Å². The number of methoxy groups -OCH3 is 1. The fourth-order valence-corrected chi connectivity index (χ4v) is 3.00. The normalized spacial score (nSPS) is 15.0. The maximum atomic E-state index is 12.5. The summed E-state index contributed by atoms with van der Waals surface area (Å²) < 4.78 is 10.2. The van der Waals surface area contributed by atoms with Crippen molar-refractivity contribution in [2.45, 2.75) is 19.3 Å². The van der Waals surface area contributed by atoms with E-state index < -0.39 is 0 Å². The van der Waals surface area contributed by atoms with Gasteiger partial charge in [0.1, 0.15) is 6.61 Å². The predicted molar refractivity (Wildman–Crippen MR) is 100 cm³/mol. The Bertz CT molecular complexity index is 579. The van der Waals surface area contributed by atoms with Crippen molar-refractivity contribution in [1.29, 1.82) is 0 Å². The van der Waals surface area contributed by atoms with Gasteiger partial charge in [-0.25, -0.2) is 0 Å². The van der Waals surface area contributed by atoms with Crippen LogP contribution in [0.15, 0.2) is 24.3 Å². The molecule has 1 aromatic rings. The predicted octanol–water partition coefficient (Wildman–Crippen LogP) is 2.00. The number of carbonyl (C=O) groups is 2. The lowest BCUT2D eigenvalue weighted by molar-refractivity contribution is -0.137. The van der Waals surface area contributed by atoms with Crippen molar-refractivity contribution in [2.24, 2.45) is 0 Å². The third-order valence-electron chi connectivity index (χ3n) is 4.40. The molecular weight excluding hydrogens is 356 g/mol. The maximum Gasteiger partial charge on any atom is 0.248 e. The Morgan fingerprint density at radius 3 is 2.31 bits per heavy atom. The van der Waals surface area contributed by atoms with Crippen LogP contribution in [0.2, 0.25) is 5.02 Å². The molecule has 0 radical (unpaired) electrons. The molecule has 0 unspecified atom stereocenters. The van der Waals surface area contributed by atoms with Gasteiger partial charge in [0, 0.05) is 44.7 Å². The molecule has 2 rings (SSSR count). The zero-order valence-corrected chi connectivity index (χ0v) is 16.0. The molecule has 1 fully saturated rings. The van der Waals surface area contributed by atoms with E-state index in [9.17, 15) is 9.59 Å². The molecule has 0 aliphatic carbocycles. The number of nitrogens with zero attached hydrogens (tertiary/aromatic N) is 2. The summed E-state index contributed by atoms with van der Waals surface area (Å²) in [6.45, 7) is 3.42. The molecule has 7 heteroatoms. The number of rotatable bonds is 8. The van der Waals surface area contributed by atoms with Crippen LogP contribution in [0, 0.1) is 0 Å². The average Bonchev–Trinajstić information content (AvgIpc) is 2.91. The Morgan fingerprint density at radius 1 is 1.00 bits per heavy atom. The summed E-state index contributed by atoms with van der Waals surface area (Å²) in [5.41, 5.74) is 1.10. The summed E-state index contributed by atoms with van der Waals surface area (Å²) in [4.78, 5) is 28.3. The van der Waals surface area contributed by atoms with Gasteiger partial charge in [0.05, 0.1) is 13.2 Å². The number of hydrogen-bond donors (Lipinski definition) is 0. The number of amides is 2. The van der Waals surface area contributed by atoms with Crippen molar-refractivity contribution in [2.75, 3.05) is 53.1 Å². The molecule has 0 bridgehead atoms. The van der Waals surface area contributed by atoms with Crippen LogP contribution in [0.5, 0.6) is 0 Å². The van der Waals surface area contributed by atoms with Gasteiger partial charge in [0.15, 0.2) is 0 Å². The number of hydrogen-bond acceptors (Lipinski definition) is 4. The van der Waals surface area contributed by atoms with Crippen molar-refractivity contribution in [3.63, 3.8) is 0 Å². The fraction of sp³-hybridized carbons (Fsp3) is 0.579. The highest BCUT2D eigenvalue weighted by molar-refractivity contribution is 6.30. The van der Waals surface area contributed by atoms with E-state index in [1.807, 2.05) is 29.2 Å². The van der Waals surface area contributed by atoms with Crippen LogP contribution in [0.3, 0.4) is 0 Å². The zero-order valence-electron chi connectivity index (χ0n) is 15.3. The third kappa shape index (κ3) is 6.94. The summed E-state index contributed by atoms with van der Waals surface area (Å²) in [5, 5.41) is 0.698. The van der Waals surface area contributed by atoms with E-state index in [0.29, 0.717) is 57.3 Å². The minimum absolute atomic E-state index is 0.0310. The molecule has 0 atom stereocenters. The monoisotopic (exact) mass is 382 g/mol. The van der Waals surface area contributed by atoms with Gasteiger partial charge >= 0.3 is 0 Å². The summed E-state index contributed by atoms with van der Waals surface area (Å²) in [7, 11) is 1.60. The van der Waals surface area contributed by atoms with E-state index in [1.54, 1.807) is 12.0 Å². The van der Waals surface area contributed by atoms with E-state index in [0.717, 1.165) is 12.0 Å². The van der Waals surface area contributed by atoms with Gasteiger partial charge in [-0.2, -0.15) is 0 Å². The summed E-state index contributed by atoms with van der Waals surface area (Å²) >= 11 is 5.88. The first kappa shape index (κ1) is 20.7. The molecule has 0 spiro atoms. The van der Waals surface area contributed by atoms with Crippen LogP contribution < -0.4 is 0 Å². The molecule has 144 valence electrons. The molecule has 1 aromatic carbocycles. The van der Waals surface area contributed by atoms with Crippen LogP contribution in [0.4, 0.5) is 0 Å². The van der Waals surface area contributed by atoms with Gasteiger partial charge in [0.2, 0.25) is 11.8 Å². The molecule has 1 aliphatic rings. The lowest BCUT2D eigenvalue weighted by Gasteiger charge is -2.22. The molecule has 0 aromatic heterocycles. The highest BCUT2D eigenvalue weighted by Crippen LogP contribution is 2.12. The largest absolute Gasteiger partial charge is 0.382 e. The van der Waals surface area contributed by atoms with Crippen molar-refractivity contribution >= 4 is 23.4 Å². The Balaban J connectivity index is 1.73. The second-order valence-corrected chi connectivity index (χ2v) is 6.72. The molecule has 0 saturated carbocycles. The van der Waals surface area contributed by atoms with Crippen molar-refractivity contribution in [3.8, 4) is 0 Å². The SMILES string of the molecule is COCCOCC(=O)N1CCCN(C(=O)CCc2ccc(Cl)cc2)CC1. The lowest BCUT2D eigenvalue weighted by Crippen LogP contribution is -2.39. The topological polar surface area (TPSA) is 59.1 Å². The first-order valence-electron chi connectivity index (χ1n) is 8.97. The van der Waals surface area contributed by atoms with Gasteiger partial charge in [0.25, 0.3) is 0 Å². The van der Waals surface area contributed by atoms with E-state index >= 15 is 0 Å². The van der Waals surface area contributed by atoms with E-state index in [2.05, 4.69) is 0 Å². The van der Waals surface area contributed by atoms with Crippen LogP contribution in [0.25, 0.3) is 0 Å². The van der Waals surface area contributed by atoms with Crippen LogP contribution >= 0.6 is 11.6 Å². The minimum atomic E-state index is -0.0310. The molecule has 1 aliphatic heterocycles. The molecule has 2 amide bonds. The second-order valence-electron chi connectivity index (χ2n) is 6.29. The Kier molecular flexibility index (Phi) is 8.88. The first-order chi connectivity index (χ1) is 12.6. The van der Waals surface area contributed by atoms with Gasteiger partial charge in [-0.05, 0) is 30.5 Å². The Morgan fingerprint density at radius 2 is 1.65 bits per heavy atom. The van der Waals surface area contributed by atoms with Crippen molar-refractivity contribution < 1.29 is 19.1 Å². The molecular formula is C19H27ClN2O4. The van der Waals surface area contributed by atoms with Gasteiger partial charge in [-0.15, -0.1) is 0 Å². The highest BCUT2D eigenvalue weighted by Gasteiger charge is 2.21.